The average molecular weight is 440 g/mol. The third-order valence-corrected chi connectivity index (χ3v) is 4.76. The van der Waals surface area contributed by atoms with Crippen LogP contribution in [0.2, 0.25) is 0 Å². The number of carbonyl (C=O) groups is 2. The summed E-state index contributed by atoms with van der Waals surface area (Å²) in [6, 6.07) is 9.53. The fourth-order valence-electron chi connectivity index (χ4n) is 3.19. The largest absolute Gasteiger partial charge is 0.496 e. The molecule has 9 heteroatoms. The highest BCUT2D eigenvalue weighted by Gasteiger charge is 2.25. The van der Waals surface area contributed by atoms with Crippen molar-refractivity contribution in [2.75, 3.05) is 18.2 Å². The Bertz CT molecular complexity index is 1150. The highest BCUT2D eigenvalue weighted by Crippen LogP contribution is 2.27. The Balaban J connectivity index is 1.67. The van der Waals surface area contributed by atoms with Crippen LogP contribution in [0.15, 0.2) is 42.6 Å². The van der Waals surface area contributed by atoms with Crippen LogP contribution in [0.25, 0.3) is 0 Å². The lowest BCUT2D eigenvalue weighted by Crippen LogP contribution is -2.13. The summed E-state index contributed by atoms with van der Waals surface area (Å²) in [5.74, 6) is -3.28. The lowest BCUT2D eigenvalue weighted by atomic mass is 10.0. The van der Waals surface area contributed by atoms with Crippen molar-refractivity contribution in [3.63, 3.8) is 0 Å². The van der Waals surface area contributed by atoms with Crippen LogP contribution in [0, 0.1) is 11.6 Å². The summed E-state index contributed by atoms with van der Waals surface area (Å²) in [7, 11) is 1.25. The summed E-state index contributed by atoms with van der Waals surface area (Å²) in [5.41, 5.74) is 7.03. The lowest BCUT2D eigenvalue weighted by Gasteiger charge is -2.11. The number of methoxy groups -OCH3 is 1. The molecule has 0 aliphatic heterocycles. The van der Waals surface area contributed by atoms with Gasteiger partial charge >= 0.3 is 0 Å². The number of carbonyl (C=O) groups excluding carboxylic acids is 2. The maximum atomic E-state index is 14.2. The van der Waals surface area contributed by atoms with Crippen LogP contribution in [0.1, 0.15) is 40.7 Å². The zero-order valence-corrected chi connectivity index (χ0v) is 17.6. The van der Waals surface area contributed by atoms with Gasteiger partial charge in [0, 0.05) is 25.2 Å². The summed E-state index contributed by atoms with van der Waals surface area (Å²) in [6.45, 7) is 1.45. The first kappa shape index (κ1) is 22.8. The van der Waals surface area contributed by atoms with Crippen LogP contribution in [-0.4, -0.2) is 28.8 Å². The first-order chi connectivity index (χ1) is 15.3. The van der Waals surface area contributed by atoms with Crippen molar-refractivity contribution in [3.8, 4) is 5.75 Å². The van der Waals surface area contributed by atoms with Gasteiger partial charge in [-0.25, -0.2) is 18.7 Å². The van der Waals surface area contributed by atoms with E-state index < -0.39 is 23.0 Å². The van der Waals surface area contributed by atoms with Crippen LogP contribution in [0.3, 0.4) is 0 Å². The van der Waals surface area contributed by atoms with Gasteiger partial charge in [0.15, 0.2) is 11.6 Å². The van der Waals surface area contributed by atoms with Crippen molar-refractivity contribution < 1.29 is 23.1 Å². The fraction of sp³-hybridized carbons (Fsp3) is 0.217. The van der Waals surface area contributed by atoms with Crippen LogP contribution >= 0.6 is 0 Å². The molecule has 3 aromatic rings. The molecule has 0 saturated heterocycles. The van der Waals surface area contributed by atoms with E-state index in [1.807, 2.05) is 24.3 Å². The van der Waals surface area contributed by atoms with Gasteiger partial charge in [0.1, 0.15) is 23.0 Å². The number of halogens is 2. The quantitative estimate of drug-likeness (QED) is 0.517. The van der Waals surface area contributed by atoms with Crippen molar-refractivity contribution >= 4 is 23.2 Å². The van der Waals surface area contributed by atoms with E-state index in [4.69, 9.17) is 10.5 Å². The average Bonchev–Trinajstić information content (AvgIpc) is 2.76. The van der Waals surface area contributed by atoms with E-state index in [1.165, 1.54) is 26.3 Å². The molecule has 0 unspecified atom stereocenters. The van der Waals surface area contributed by atoms with Gasteiger partial charge in [0.25, 0.3) is 0 Å². The van der Waals surface area contributed by atoms with E-state index in [1.54, 1.807) is 0 Å². The molecule has 0 atom stereocenters. The number of nitrogen functional groups attached to an aromatic ring is 1. The predicted molar refractivity (Wildman–Crippen MR) is 116 cm³/mol. The topological polar surface area (TPSA) is 107 Å². The maximum absolute atomic E-state index is 14.2. The second-order valence-corrected chi connectivity index (χ2v) is 7.08. The second-order valence-electron chi connectivity index (χ2n) is 7.08. The van der Waals surface area contributed by atoms with Gasteiger partial charge in [0.2, 0.25) is 11.7 Å². The molecule has 0 fully saturated rings. The number of anilines is 2. The molecule has 32 heavy (non-hydrogen) atoms. The molecule has 0 saturated carbocycles. The Kier molecular flexibility index (Phi) is 7.09. The molecule has 2 aromatic carbocycles. The number of benzene rings is 2. The molecule has 0 aliphatic carbocycles. The summed E-state index contributed by atoms with van der Waals surface area (Å²) >= 11 is 0. The van der Waals surface area contributed by atoms with Gasteiger partial charge in [-0.15, -0.1) is 0 Å². The Labute approximate surface area is 183 Å². The number of hydrogen-bond acceptors (Lipinski definition) is 6. The second kappa shape index (κ2) is 9.95. The summed E-state index contributed by atoms with van der Waals surface area (Å²) in [6.07, 6.45) is 3.18. The zero-order chi connectivity index (χ0) is 23.3. The van der Waals surface area contributed by atoms with Crippen LogP contribution in [0.4, 0.5) is 20.3 Å². The summed E-state index contributed by atoms with van der Waals surface area (Å²) in [4.78, 5) is 32.1. The minimum Gasteiger partial charge on any atom is -0.496 e. The molecule has 0 bridgehead atoms. The number of rotatable bonds is 8. The third kappa shape index (κ3) is 5.23. The van der Waals surface area contributed by atoms with Crippen molar-refractivity contribution in [1.29, 1.82) is 0 Å². The first-order valence-electron chi connectivity index (χ1n) is 9.84. The molecule has 0 aliphatic rings. The molecular weight excluding hydrogens is 418 g/mol. The fourth-order valence-corrected chi connectivity index (χ4v) is 3.19. The monoisotopic (exact) mass is 440 g/mol. The van der Waals surface area contributed by atoms with Gasteiger partial charge in [-0.1, -0.05) is 12.1 Å². The van der Waals surface area contributed by atoms with Gasteiger partial charge in [-0.2, -0.15) is 0 Å². The van der Waals surface area contributed by atoms with E-state index in [9.17, 15) is 18.4 Å². The maximum Gasteiger partial charge on any atom is 0.221 e. The van der Waals surface area contributed by atoms with Gasteiger partial charge in [0.05, 0.1) is 12.7 Å². The smallest absolute Gasteiger partial charge is 0.221 e. The number of hydrogen-bond donors (Lipinski definition) is 2. The number of ketones is 1. The number of amides is 1. The summed E-state index contributed by atoms with van der Waals surface area (Å²) < 4.78 is 32.8. The molecule has 3 N–H and O–H groups in total. The summed E-state index contributed by atoms with van der Waals surface area (Å²) in [5, 5.41) is 2.71. The molecule has 1 amide bonds. The van der Waals surface area contributed by atoms with Crippen molar-refractivity contribution in [2.45, 2.75) is 26.2 Å². The van der Waals surface area contributed by atoms with E-state index in [0.717, 1.165) is 30.2 Å². The first-order valence-corrected chi connectivity index (χ1v) is 9.84. The van der Waals surface area contributed by atoms with Gasteiger partial charge in [-0.05, 0) is 42.7 Å². The third-order valence-electron chi connectivity index (χ3n) is 4.76. The Morgan fingerprint density at radius 2 is 1.81 bits per heavy atom. The van der Waals surface area contributed by atoms with Crippen LogP contribution in [-0.2, 0) is 17.6 Å². The predicted octanol–water partition coefficient (Wildman–Crippen LogP) is 3.71. The van der Waals surface area contributed by atoms with Crippen molar-refractivity contribution in [2.24, 2.45) is 0 Å². The van der Waals surface area contributed by atoms with Gasteiger partial charge in [-0.3, -0.25) is 9.59 Å². The normalized spacial score (nSPS) is 10.6. The minimum absolute atomic E-state index is 0.109. The SMILES string of the molecule is COc1ccc(F)c(F)c1C(=O)c1cnc(CCCc2ccc(NC(C)=O)cc2)nc1N. The standard InChI is InChI=1S/C23H22F2N4O3/c1-13(30)28-15-8-6-14(7-9-15)4-3-5-19-27-12-16(23(26)29-19)22(31)20-18(32-2)11-10-17(24)21(20)25/h6-12H,3-5H2,1-2H3,(H,28,30)(H2,26,27,29). The highest BCUT2D eigenvalue weighted by atomic mass is 19.2. The Hall–Kier alpha value is -3.88. The molecule has 7 nitrogen and oxygen atoms in total. The van der Waals surface area contributed by atoms with Crippen molar-refractivity contribution in [3.05, 3.63) is 76.7 Å². The molecule has 1 aromatic heterocycles. The number of nitrogens with one attached hydrogen (secondary N) is 1. The molecular formula is C23H22F2N4O3. The number of aryl methyl sites for hydroxylation is 2. The highest BCUT2D eigenvalue weighted by molar-refractivity contribution is 6.13. The molecule has 1 heterocycles. The molecule has 0 spiro atoms. The number of ether oxygens (including phenoxy) is 1. The number of nitrogens with two attached hydrogens (primary N) is 1. The Morgan fingerprint density at radius 3 is 2.44 bits per heavy atom. The van der Waals surface area contributed by atoms with E-state index in [2.05, 4.69) is 15.3 Å². The van der Waals surface area contributed by atoms with E-state index in [-0.39, 0.29) is 23.0 Å². The number of nitrogens with zero attached hydrogens (tertiary/aromatic N) is 2. The Morgan fingerprint density at radius 1 is 1.09 bits per heavy atom. The van der Waals surface area contributed by atoms with Crippen LogP contribution < -0.4 is 15.8 Å². The number of aromatic nitrogens is 2. The lowest BCUT2D eigenvalue weighted by molar-refractivity contribution is -0.114. The van der Waals surface area contributed by atoms with Crippen LogP contribution in [0.5, 0.6) is 5.75 Å². The van der Waals surface area contributed by atoms with Gasteiger partial charge < -0.3 is 15.8 Å². The molecule has 3 rings (SSSR count). The molecule has 0 radical (unpaired) electrons. The van der Waals surface area contributed by atoms with Crippen molar-refractivity contribution in [1.82, 2.24) is 9.97 Å². The minimum atomic E-state index is -1.32. The zero-order valence-electron chi connectivity index (χ0n) is 17.6. The molecule has 166 valence electrons. The van der Waals surface area contributed by atoms with E-state index in [0.29, 0.717) is 12.2 Å². The van der Waals surface area contributed by atoms with E-state index >= 15 is 0 Å².